The van der Waals surface area contributed by atoms with Crippen molar-refractivity contribution in [2.24, 2.45) is 5.92 Å². The van der Waals surface area contributed by atoms with E-state index in [0.717, 1.165) is 6.42 Å². The lowest BCUT2D eigenvalue weighted by Gasteiger charge is -2.18. The molecule has 120 valence electrons. The van der Waals surface area contributed by atoms with Gasteiger partial charge < -0.3 is 9.64 Å². The van der Waals surface area contributed by atoms with Crippen LogP contribution in [0, 0.1) is 11.7 Å². The summed E-state index contributed by atoms with van der Waals surface area (Å²) in [7, 11) is 0. The number of amides is 1. The molecule has 0 bridgehead atoms. The standard InChI is InChI=1S/C17H16ClFN2O2/c18-13-4-3-5-14(19)16(13)17(22)21-9-7-12(10-21)11-23-15-6-1-2-8-20-15/h1-6,8,12H,7,9-11H2. The summed E-state index contributed by atoms with van der Waals surface area (Å²) < 4.78 is 19.5. The zero-order chi connectivity index (χ0) is 16.2. The molecule has 1 aromatic heterocycles. The molecule has 1 atom stereocenters. The fraction of sp³-hybridized carbons (Fsp3) is 0.294. The van der Waals surface area contributed by atoms with E-state index in [1.807, 2.05) is 12.1 Å². The van der Waals surface area contributed by atoms with Crippen molar-refractivity contribution < 1.29 is 13.9 Å². The zero-order valence-corrected chi connectivity index (χ0v) is 13.2. The van der Waals surface area contributed by atoms with Crippen molar-refractivity contribution in [3.8, 4) is 5.88 Å². The number of pyridine rings is 1. The minimum Gasteiger partial charge on any atom is -0.477 e. The average Bonchev–Trinajstić information content (AvgIpc) is 3.02. The molecular weight excluding hydrogens is 319 g/mol. The van der Waals surface area contributed by atoms with Gasteiger partial charge in [-0.1, -0.05) is 23.7 Å². The molecule has 1 saturated heterocycles. The molecule has 2 aromatic rings. The van der Waals surface area contributed by atoms with Gasteiger partial charge in [-0.25, -0.2) is 9.37 Å². The molecule has 0 N–H and O–H groups in total. The minimum absolute atomic E-state index is 0.0551. The molecule has 1 amide bonds. The number of likely N-dealkylation sites (tertiary alicyclic amines) is 1. The first-order chi connectivity index (χ1) is 11.1. The summed E-state index contributed by atoms with van der Waals surface area (Å²) in [5.74, 6) is -0.190. The second-order valence-corrected chi connectivity index (χ2v) is 5.89. The van der Waals surface area contributed by atoms with E-state index < -0.39 is 5.82 Å². The van der Waals surface area contributed by atoms with Crippen molar-refractivity contribution in [2.75, 3.05) is 19.7 Å². The first-order valence-electron chi connectivity index (χ1n) is 7.42. The highest BCUT2D eigenvalue weighted by molar-refractivity contribution is 6.33. The first-order valence-corrected chi connectivity index (χ1v) is 7.80. The van der Waals surface area contributed by atoms with Gasteiger partial charge in [0.1, 0.15) is 5.82 Å². The summed E-state index contributed by atoms with van der Waals surface area (Å²) in [6.07, 6.45) is 2.48. The molecule has 4 nitrogen and oxygen atoms in total. The Labute approximate surface area is 138 Å². The van der Waals surface area contributed by atoms with Crippen LogP contribution >= 0.6 is 11.6 Å². The molecule has 1 aliphatic heterocycles. The number of ether oxygens (including phenoxy) is 1. The monoisotopic (exact) mass is 334 g/mol. The molecule has 0 saturated carbocycles. The minimum atomic E-state index is -0.587. The molecule has 3 rings (SSSR count). The number of nitrogens with zero attached hydrogens (tertiary/aromatic N) is 2. The molecule has 1 aromatic carbocycles. The third kappa shape index (κ3) is 3.62. The summed E-state index contributed by atoms with van der Waals surface area (Å²) in [6, 6.07) is 9.72. The Kier molecular flexibility index (Phi) is 4.76. The molecule has 1 unspecified atom stereocenters. The summed E-state index contributed by atoms with van der Waals surface area (Å²) in [5, 5.41) is 0.142. The van der Waals surface area contributed by atoms with E-state index in [4.69, 9.17) is 16.3 Å². The van der Waals surface area contributed by atoms with Crippen molar-refractivity contribution in [3.63, 3.8) is 0 Å². The number of carbonyl (C=O) groups excluding carboxylic acids is 1. The predicted octanol–water partition coefficient (Wildman–Crippen LogP) is 3.42. The number of benzene rings is 1. The summed E-state index contributed by atoms with van der Waals surface area (Å²) >= 11 is 5.96. The Balaban J connectivity index is 1.60. The number of carbonyl (C=O) groups is 1. The van der Waals surface area contributed by atoms with Crippen molar-refractivity contribution in [2.45, 2.75) is 6.42 Å². The van der Waals surface area contributed by atoms with Crippen LogP contribution in [-0.2, 0) is 0 Å². The second kappa shape index (κ2) is 6.96. The Hall–Kier alpha value is -2.14. The molecule has 2 heterocycles. The van der Waals surface area contributed by atoms with E-state index in [-0.39, 0.29) is 22.4 Å². The normalized spacial score (nSPS) is 17.3. The first kappa shape index (κ1) is 15.7. The summed E-state index contributed by atoms with van der Waals surface area (Å²) in [5.41, 5.74) is -0.0551. The maximum atomic E-state index is 13.9. The topological polar surface area (TPSA) is 42.4 Å². The lowest BCUT2D eigenvalue weighted by atomic mass is 10.1. The Morgan fingerprint density at radius 1 is 1.35 bits per heavy atom. The van der Waals surface area contributed by atoms with E-state index in [9.17, 15) is 9.18 Å². The number of aromatic nitrogens is 1. The fourth-order valence-electron chi connectivity index (χ4n) is 2.65. The average molecular weight is 335 g/mol. The number of hydrogen-bond acceptors (Lipinski definition) is 3. The predicted molar refractivity (Wildman–Crippen MR) is 85.2 cm³/mol. The summed E-state index contributed by atoms with van der Waals surface area (Å²) in [4.78, 5) is 18.2. The quantitative estimate of drug-likeness (QED) is 0.860. The van der Waals surface area contributed by atoms with Gasteiger partial charge in [0.05, 0.1) is 17.2 Å². The molecule has 0 spiro atoms. The van der Waals surface area contributed by atoms with Gasteiger partial charge in [0.15, 0.2) is 0 Å². The van der Waals surface area contributed by atoms with Crippen LogP contribution in [0.3, 0.4) is 0 Å². The van der Waals surface area contributed by atoms with Gasteiger partial charge in [0.25, 0.3) is 5.91 Å². The van der Waals surface area contributed by atoms with Crippen LogP contribution < -0.4 is 4.74 Å². The van der Waals surface area contributed by atoms with E-state index >= 15 is 0 Å². The number of rotatable bonds is 4. The maximum Gasteiger partial charge on any atom is 0.258 e. The van der Waals surface area contributed by atoms with E-state index in [0.29, 0.717) is 25.6 Å². The van der Waals surface area contributed by atoms with Crippen molar-refractivity contribution in [3.05, 3.63) is 59.0 Å². The third-order valence-corrected chi connectivity index (χ3v) is 4.17. The molecule has 0 radical (unpaired) electrons. The van der Waals surface area contributed by atoms with Crippen molar-refractivity contribution in [1.29, 1.82) is 0 Å². The highest BCUT2D eigenvalue weighted by Gasteiger charge is 2.30. The van der Waals surface area contributed by atoms with Crippen LogP contribution in [-0.4, -0.2) is 35.5 Å². The lowest BCUT2D eigenvalue weighted by molar-refractivity contribution is 0.0778. The molecule has 1 aliphatic rings. The van der Waals surface area contributed by atoms with Gasteiger partial charge in [-0.05, 0) is 24.6 Å². The van der Waals surface area contributed by atoms with Gasteiger partial charge in [-0.3, -0.25) is 4.79 Å². The molecule has 23 heavy (non-hydrogen) atoms. The van der Waals surface area contributed by atoms with E-state index in [1.165, 1.54) is 18.2 Å². The molecule has 1 fully saturated rings. The molecule has 0 aliphatic carbocycles. The van der Waals surface area contributed by atoms with Crippen molar-refractivity contribution >= 4 is 17.5 Å². The Morgan fingerprint density at radius 2 is 2.22 bits per heavy atom. The van der Waals surface area contributed by atoms with Crippen LogP contribution in [0.1, 0.15) is 16.8 Å². The van der Waals surface area contributed by atoms with Crippen LogP contribution in [0.25, 0.3) is 0 Å². The Morgan fingerprint density at radius 3 is 2.96 bits per heavy atom. The van der Waals surface area contributed by atoms with Crippen LogP contribution in [0.4, 0.5) is 4.39 Å². The van der Waals surface area contributed by atoms with E-state index in [1.54, 1.807) is 17.2 Å². The Bertz CT molecular complexity index is 676. The second-order valence-electron chi connectivity index (χ2n) is 5.48. The van der Waals surface area contributed by atoms with Gasteiger partial charge in [-0.2, -0.15) is 0 Å². The highest BCUT2D eigenvalue weighted by atomic mass is 35.5. The maximum absolute atomic E-state index is 13.9. The van der Waals surface area contributed by atoms with Crippen molar-refractivity contribution in [1.82, 2.24) is 9.88 Å². The third-order valence-electron chi connectivity index (χ3n) is 3.85. The van der Waals surface area contributed by atoms with Gasteiger partial charge in [0.2, 0.25) is 5.88 Å². The lowest BCUT2D eigenvalue weighted by Crippen LogP contribution is -2.30. The SMILES string of the molecule is O=C(c1c(F)cccc1Cl)N1CCC(COc2ccccn2)C1. The highest BCUT2D eigenvalue weighted by Crippen LogP contribution is 2.25. The fourth-order valence-corrected chi connectivity index (χ4v) is 2.89. The zero-order valence-electron chi connectivity index (χ0n) is 12.4. The van der Waals surface area contributed by atoms with Crippen LogP contribution in [0.2, 0.25) is 5.02 Å². The number of hydrogen-bond donors (Lipinski definition) is 0. The van der Waals surface area contributed by atoms with Gasteiger partial charge >= 0.3 is 0 Å². The van der Waals surface area contributed by atoms with Crippen LogP contribution in [0.5, 0.6) is 5.88 Å². The van der Waals surface area contributed by atoms with Gasteiger partial charge in [-0.15, -0.1) is 0 Å². The van der Waals surface area contributed by atoms with Crippen LogP contribution in [0.15, 0.2) is 42.6 Å². The summed E-state index contributed by atoms with van der Waals surface area (Å²) in [6.45, 7) is 1.57. The molecular formula is C17H16ClFN2O2. The van der Waals surface area contributed by atoms with E-state index in [2.05, 4.69) is 4.98 Å². The smallest absolute Gasteiger partial charge is 0.258 e. The van der Waals surface area contributed by atoms with Gasteiger partial charge in [0, 0.05) is 31.3 Å². The molecule has 6 heteroatoms. The largest absolute Gasteiger partial charge is 0.477 e. The number of halogens is 2.